The number of likely N-dealkylation sites (tertiary alicyclic amines) is 1. The molecule has 0 N–H and O–H groups in total. The number of nitrogens with zero attached hydrogens (tertiary/aromatic N) is 1. The molecule has 2 heterocycles. The molecule has 0 aromatic heterocycles. The van der Waals surface area contributed by atoms with Gasteiger partial charge in [0.05, 0.1) is 13.2 Å². The van der Waals surface area contributed by atoms with Crippen molar-refractivity contribution in [3.63, 3.8) is 0 Å². The number of piperidine rings is 1. The molecule has 19 heavy (non-hydrogen) atoms. The second kappa shape index (κ2) is 5.51. The van der Waals surface area contributed by atoms with Crippen molar-refractivity contribution in [1.82, 2.24) is 4.90 Å². The van der Waals surface area contributed by atoms with Crippen LogP contribution in [0, 0.1) is 12.3 Å². The van der Waals surface area contributed by atoms with Gasteiger partial charge in [0.15, 0.2) is 0 Å². The Bertz CT molecular complexity index is 419. The molecule has 3 heteroatoms. The van der Waals surface area contributed by atoms with Gasteiger partial charge in [0.1, 0.15) is 12.4 Å². The summed E-state index contributed by atoms with van der Waals surface area (Å²) in [5.41, 5.74) is 1.79. The van der Waals surface area contributed by atoms with Crippen LogP contribution in [0.4, 0.5) is 0 Å². The topological polar surface area (TPSA) is 21.7 Å². The van der Waals surface area contributed by atoms with E-state index in [1.54, 1.807) is 0 Å². The fraction of sp³-hybridized carbons (Fsp3) is 0.625. The molecule has 0 bridgehead atoms. The first kappa shape index (κ1) is 12.9. The zero-order valence-electron chi connectivity index (χ0n) is 11.7. The van der Waals surface area contributed by atoms with E-state index in [0.29, 0.717) is 5.41 Å². The Labute approximate surface area is 115 Å². The Balaban J connectivity index is 1.39. The third-order valence-corrected chi connectivity index (χ3v) is 4.40. The lowest BCUT2D eigenvalue weighted by Gasteiger charge is -2.47. The summed E-state index contributed by atoms with van der Waals surface area (Å²) in [4.78, 5) is 2.51. The van der Waals surface area contributed by atoms with Gasteiger partial charge in [-0.3, -0.25) is 4.90 Å². The predicted molar refractivity (Wildman–Crippen MR) is 75.6 cm³/mol. The quantitative estimate of drug-likeness (QED) is 0.831. The number of aryl methyl sites for hydroxylation is 1. The lowest BCUT2D eigenvalue weighted by atomic mass is 9.77. The molecule has 0 atom stereocenters. The van der Waals surface area contributed by atoms with Crippen LogP contribution in [-0.2, 0) is 4.74 Å². The Morgan fingerprint density at radius 3 is 2.68 bits per heavy atom. The van der Waals surface area contributed by atoms with E-state index < -0.39 is 0 Å². The van der Waals surface area contributed by atoms with E-state index in [-0.39, 0.29) is 0 Å². The van der Waals surface area contributed by atoms with Gasteiger partial charge in [-0.05, 0) is 50.6 Å². The van der Waals surface area contributed by atoms with E-state index in [9.17, 15) is 0 Å². The maximum Gasteiger partial charge on any atom is 0.119 e. The van der Waals surface area contributed by atoms with E-state index >= 15 is 0 Å². The first-order valence-electron chi connectivity index (χ1n) is 7.25. The molecule has 104 valence electrons. The van der Waals surface area contributed by atoms with E-state index in [1.807, 2.05) is 12.1 Å². The van der Waals surface area contributed by atoms with Gasteiger partial charge in [0, 0.05) is 12.0 Å². The van der Waals surface area contributed by atoms with Crippen LogP contribution in [0.1, 0.15) is 18.4 Å². The summed E-state index contributed by atoms with van der Waals surface area (Å²) in [6.07, 6.45) is 2.58. The van der Waals surface area contributed by atoms with Gasteiger partial charge in [-0.15, -0.1) is 0 Å². The summed E-state index contributed by atoms with van der Waals surface area (Å²) in [7, 11) is 0. The van der Waals surface area contributed by atoms with Gasteiger partial charge in [-0.25, -0.2) is 0 Å². The third kappa shape index (κ3) is 3.10. The molecule has 0 amide bonds. The fourth-order valence-electron chi connectivity index (χ4n) is 2.93. The average Bonchev–Trinajstić information content (AvgIpc) is 2.38. The molecule has 2 fully saturated rings. The van der Waals surface area contributed by atoms with Gasteiger partial charge in [0.2, 0.25) is 0 Å². The molecule has 3 nitrogen and oxygen atoms in total. The molecule has 0 saturated carbocycles. The van der Waals surface area contributed by atoms with Crippen molar-refractivity contribution in [2.24, 2.45) is 5.41 Å². The molecular formula is C16H23NO2. The normalized spacial score (nSPS) is 22.2. The van der Waals surface area contributed by atoms with Crippen molar-refractivity contribution >= 4 is 0 Å². The lowest BCUT2D eigenvalue weighted by molar-refractivity contribution is -0.139. The summed E-state index contributed by atoms with van der Waals surface area (Å²) in [5.74, 6) is 0.987. The molecule has 2 aliphatic rings. The van der Waals surface area contributed by atoms with Gasteiger partial charge in [-0.2, -0.15) is 0 Å². The van der Waals surface area contributed by atoms with Crippen LogP contribution in [0.3, 0.4) is 0 Å². The average molecular weight is 261 g/mol. The lowest BCUT2D eigenvalue weighted by Crippen LogP contribution is -2.51. The summed E-state index contributed by atoms with van der Waals surface area (Å²) < 4.78 is 11.2. The number of hydrogen-bond acceptors (Lipinski definition) is 3. The van der Waals surface area contributed by atoms with Gasteiger partial charge in [0.25, 0.3) is 0 Å². The Kier molecular flexibility index (Phi) is 3.76. The highest BCUT2D eigenvalue weighted by molar-refractivity contribution is 5.27. The largest absolute Gasteiger partial charge is 0.492 e. The first-order valence-corrected chi connectivity index (χ1v) is 7.25. The predicted octanol–water partition coefficient (Wildman–Crippen LogP) is 2.49. The molecule has 0 aliphatic carbocycles. The number of ether oxygens (including phenoxy) is 2. The van der Waals surface area contributed by atoms with Gasteiger partial charge >= 0.3 is 0 Å². The third-order valence-electron chi connectivity index (χ3n) is 4.40. The molecule has 2 saturated heterocycles. The maximum atomic E-state index is 5.82. The number of benzene rings is 1. The van der Waals surface area contributed by atoms with Crippen LogP contribution in [0.25, 0.3) is 0 Å². The van der Waals surface area contributed by atoms with E-state index in [0.717, 1.165) is 32.1 Å². The van der Waals surface area contributed by atoms with E-state index in [4.69, 9.17) is 9.47 Å². The Morgan fingerprint density at radius 1 is 1.26 bits per heavy atom. The van der Waals surface area contributed by atoms with Crippen molar-refractivity contribution in [2.45, 2.75) is 19.8 Å². The molecule has 2 aliphatic heterocycles. The van der Waals surface area contributed by atoms with Crippen LogP contribution >= 0.6 is 0 Å². The van der Waals surface area contributed by atoms with Crippen molar-refractivity contribution in [3.8, 4) is 5.75 Å². The Morgan fingerprint density at radius 2 is 2.05 bits per heavy atom. The second-order valence-electron chi connectivity index (χ2n) is 6.00. The van der Waals surface area contributed by atoms with E-state index in [2.05, 4.69) is 24.0 Å². The van der Waals surface area contributed by atoms with Crippen molar-refractivity contribution in [3.05, 3.63) is 29.8 Å². The molecule has 3 rings (SSSR count). The minimum Gasteiger partial charge on any atom is -0.492 e. The second-order valence-corrected chi connectivity index (χ2v) is 6.00. The zero-order chi connectivity index (χ0) is 13.1. The van der Waals surface area contributed by atoms with Crippen LogP contribution in [0.5, 0.6) is 5.75 Å². The van der Waals surface area contributed by atoms with Crippen molar-refractivity contribution in [1.29, 1.82) is 0 Å². The zero-order valence-corrected chi connectivity index (χ0v) is 11.7. The molecule has 1 aromatic rings. The van der Waals surface area contributed by atoms with Gasteiger partial charge < -0.3 is 9.47 Å². The summed E-state index contributed by atoms with van der Waals surface area (Å²) in [6.45, 7) is 8.28. The minimum absolute atomic E-state index is 0.536. The smallest absolute Gasteiger partial charge is 0.119 e. The van der Waals surface area contributed by atoms with Crippen LogP contribution in [-0.4, -0.2) is 44.4 Å². The summed E-state index contributed by atoms with van der Waals surface area (Å²) >= 11 is 0. The highest BCUT2D eigenvalue weighted by Gasteiger charge is 2.40. The molecule has 1 aromatic carbocycles. The maximum absolute atomic E-state index is 5.82. The van der Waals surface area contributed by atoms with Gasteiger partial charge in [-0.1, -0.05) is 12.1 Å². The van der Waals surface area contributed by atoms with E-state index in [1.165, 1.54) is 31.5 Å². The summed E-state index contributed by atoms with van der Waals surface area (Å²) in [5, 5.41) is 0. The standard InChI is InChI=1S/C16H23NO2/c1-14-3-2-4-15(11-14)19-10-9-17-7-5-16(6-8-17)12-18-13-16/h2-4,11H,5-10,12-13H2,1H3. The number of hydrogen-bond donors (Lipinski definition) is 0. The highest BCUT2D eigenvalue weighted by Crippen LogP contribution is 2.38. The first-order chi connectivity index (χ1) is 9.26. The Hall–Kier alpha value is -1.06. The fourth-order valence-corrected chi connectivity index (χ4v) is 2.93. The molecular weight excluding hydrogens is 238 g/mol. The molecule has 1 spiro atoms. The minimum atomic E-state index is 0.536. The monoisotopic (exact) mass is 261 g/mol. The van der Waals surface area contributed by atoms with Crippen molar-refractivity contribution < 1.29 is 9.47 Å². The van der Waals surface area contributed by atoms with Crippen LogP contribution in [0.15, 0.2) is 24.3 Å². The highest BCUT2D eigenvalue weighted by atomic mass is 16.5. The van der Waals surface area contributed by atoms with Crippen LogP contribution in [0.2, 0.25) is 0 Å². The summed E-state index contributed by atoms with van der Waals surface area (Å²) in [6, 6.07) is 8.27. The molecule has 0 unspecified atom stereocenters. The SMILES string of the molecule is Cc1cccc(OCCN2CCC3(CC2)COC3)c1. The van der Waals surface area contributed by atoms with Crippen LogP contribution < -0.4 is 4.74 Å². The molecule has 0 radical (unpaired) electrons. The van der Waals surface area contributed by atoms with Crippen molar-refractivity contribution in [2.75, 3.05) is 39.5 Å². The number of rotatable bonds is 4.